The van der Waals surface area contributed by atoms with Crippen molar-refractivity contribution in [1.29, 1.82) is 0 Å². The number of nitrogens with zero attached hydrogens (tertiary/aromatic N) is 1. The molecule has 1 aromatic heterocycles. The standard InChI is InChI=1S/C14H24N2OS/c1-10(2)6-12-13(8-15-3)18-14(16-12)7-11-4-5-17-9-11/h10-11,15H,4-9H2,1-3H3. The fraction of sp³-hybridized carbons (Fsp3) is 0.786. The lowest BCUT2D eigenvalue weighted by Gasteiger charge is -2.04. The predicted molar refractivity (Wildman–Crippen MR) is 76.0 cm³/mol. The number of hydrogen-bond acceptors (Lipinski definition) is 4. The Bertz CT molecular complexity index is 370. The second-order valence-corrected chi connectivity index (χ2v) is 6.71. The van der Waals surface area contributed by atoms with E-state index in [9.17, 15) is 0 Å². The lowest BCUT2D eigenvalue weighted by Crippen LogP contribution is -2.07. The molecule has 1 aliphatic heterocycles. The molecule has 1 aromatic rings. The monoisotopic (exact) mass is 268 g/mol. The van der Waals surface area contributed by atoms with E-state index in [2.05, 4.69) is 19.2 Å². The van der Waals surface area contributed by atoms with Crippen LogP contribution in [0.1, 0.15) is 35.8 Å². The Morgan fingerprint density at radius 1 is 1.50 bits per heavy atom. The molecule has 0 saturated carbocycles. The average Bonchev–Trinajstić information content (AvgIpc) is 2.90. The predicted octanol–water partition coefficient (Wildman–Crippen LogP) is 2.64. The summed E-state index contributed by atoms with van der Waals surface area (Å²) in [4.78, 5) is 6.27. The van der Waals surface area contributed by atoms with Crippen LogP contribution >= 0.6 is 11.3 Å². The van der Waals surface area contributed by atoms with Gasteiger partial charge in [0.25, 0.3) is 0 Å². The van der Waals surface area contributed by atoms with Crippen molar-refractivity contribution in [3.05, 3.63) is 15.6 Å². The molecule has 102 valence electrons. The molecular formula is C14H24N2OS. The summed E-state index contributed by atoms with van der Waals surface area (Å²) in [5.74, 6) is 1.36. The second-order valence-electron chi connectivity index (χ2n) is 5.54. The smallest absolute Gasteiger partial charge is 0.0935 e. The van der Waals surface area contributed by atoms with E-state index in [1.807, 2.05) is 18.4 Å². The number of ether oxygens (including phenoxy) is 1. The Morgan fingerprint density at radius 3 is 2.94 bits per heavy atom. The third-order valence-corrected chi connectivity index (χ3v) is 4.37. The zero-order chi connectivity index (χ0) is 13.0. The molecule has 0 bridgehead atoms. The van der Waals surface area contributed by atoms with E-state index in [4.69, 9.17) is 9.72 Å². The lowest BCUT2D eigenvalue weighted by molar-refractivity contribution is 0.186. The van der Waals surface area contributed by atoms with Crippen LogP contribution < -0.4 is 5.32 Å². The summed E-state index contributed by atoms with van der Waals surface area (Å²) in [5.41, 5.74) is 1.30. The molecule has 0 radical (unpaired) electrons. The van der Waals surface area contributed by atoms with Crippen LogP contribution in [0.3, 0.4) is 0 Å². The number of hydrogen-bond donors (Lipinski definition) is 1. The first-order chi connectivity index (χ1) is 8.69. The van der Waals surface area contributed by atoms with E-state index < -0.39 is 0 Å². The highest BCUT2D eigenvalue weighted by Gasteiger charge is 2.19. The van der Waals surface area contributed by atoms with Gasteiger partial charge in [0.15, 0.2) is 0 Å². The van der Waals surface area contributed by atoms with E-state index >= 15 is 0 Å². The van der Waals surface area contributed by atoms with Gasteiger partial charge in [0, 0.05) is 31.1 Å². The maximum absolute atomic E-state index is 5.44. The van der Waals surface area contributed by atoms with Gasteiger partial charge in [-0.3, -0.25) is 0 Å². The van der Waals surface area contributed by atoms with E-state index in [-0.39, 0.29) is 0 Å². The third-order valence-electron chi connectivity index (χ3n) is 3.25. The largest absolute Gasteiger partial charge is 0.381 e. The Labute approximate surface area is 114 Å². The molecule has 0 amide bonds. The summed E-state index contributed by atoms with van der Waals surface area (Å²) >= 11 is 1.88. The highest BCUT2D eigenvalue weighted by molar-refractivity contribution is 7.11. The van der Waals surface area contributed by atoms with Crippen molar-refractivity contribution in [3.63, 3.8) is 0 Å². The van der Waals surface area contributed by atoms with Crippen LogP contribution in [-0.2, 0) is 24.1 Å². The van der Waals surface area contributed by atoms with Crippen LogP contribution in [-0.4, -0.2) is 25.2 Å². The van der Waals surface area contributed by atoms with Gasteiger partial charge >= 0.3 is 0 Å². The van der Waals surface area contributed by atoms with E-state index in [1.165, 1.54) is 22.0 Å². The Kier molecular flexibility index (Phi) is 5.15. The molecule has 18 heavy (non-hydrogen) atoms. The van der Waals surface area contributed by atoms with Gasteiger partial charge in [0.2, 0.25) is 0 Å². The van der Waals surface area contributed by atoms with Gasteiger partial charge in [0.05, 0.1) is 10.7 Å². The SMILES string of the molecule is CNCc1sc(CC2CCOC2)nc1CC(C)C. The number of rotatable bonds is 6. The molecule has 0 aromatic carbocycles. The fourth-order valence-electron chi connectivity index (χ4n) is 2.36. The van der Waals surface area contributed by atoms with Crippen molar-refractivity contribution in [2.24, 2.45) is 11.8 Å². The fourth-order valence-corrected chi connectivity index (χ4v) is 3.58. The molecule has 1 N–H and O–H groups in total. The van der Waals surface area contributed by atoms with Gasteiger partial charge in [-0.05, 0) is 31.7 Å². The first-order valence-electron chi connectivity index (χ1n) is 6.88. The van der Waals surface area contributed by atoms with Crippen molar-refractivity contribution in [3.8, 4) is 0 Å². The highest BCUT2D eigenvalue weighted by Crippen LogP contribution is 2.25. The zero-order valence-electron chi connectivity index (χ0n) is 11.7. The molecule has 0 spiro atoms. The van der Waals surface area contributed by atoms with Crippen LogP contribution in [0.5, 0.6) is 0 Å². The van der Waals surface area contributed by atoms with Gasteiger partial charge in [-0.1, -0.05) is 13.8 Å². The Morgan fingerprint density at radius 2 is 2.33 bits per heavy atom. The topological polar surface area (TPSA) is 34.1 Å². The normalized spacial score (nSPS) is 19.9. The molecule has 3 nitrogen and oxygen atoms in total. The summed E-state index contributed by atoms with van der Waals surface area (Å²) < 4.78 is 5.44. The third kappa shape index (κ3) is 3.77. The van der Waals surface area contributed by atoms with Gasteiger partial charge in [0.1, 0.15) is 0 Å². The van der Waals surface area contributed by atoms with Gasteiger partial charge in [-0.15, -0.1) is 11.3 Å². The minimum Gasteiger partial charge on any atom is -0.381 e. The summed E-state index contributed by atoms with van der Waals surface area (Å²) in [7, 11) is 2.00. The zero-order valence-corrected chi connectivity index (χ0v) is 12.5. The van der Waals surface area contributed by atoms with Gasteiger partial charge in [-0.25, -0.2) is 4.98 Å². The van der Waals surface area contributed by atoms with E-state index in [0.29, 0.717) is 11.8 Å². The van der Waals surface area contributed by atoms with Crippen molar-refractivity contribution in [2.75, 3.05) is 20.3 Å². The van der Waals surface area contributed by atoms with Crippen LogP contribution in [0.4, 0.5) is 0 Å². The highest BCUT2D eigenvalue weighted by atomic mass is 32.1. The minimum absolute atomic E-state index is 0.672. The van der Waals surface area contributed by atoms with Gasteiger partial charge < -0.3 is 10.1 Å². The summed E-state index contributed by atoms with van der Waals surface area (Å²) in [6, 6.07) is 0. The number of nitrogens with one attached hydrogen (secondary N) is 1. The van der Waals surface area contributed by atoms with Crippen LogP contribution in [0.2, 0.25) is 0 Å². The average molecular weight is 268 g/mol. The molecule has 1 fully saturated rings. The molecule has 1 aliphatic rings. The number of aromatic nitrogens is 1. The van der Waals surface area contributed by atoms with Crippen LogP contribution in [0.25, 0.3) is 0 Å². The van der Waals surface area contributed by atoms with E-state index in [1.54, 1.807) is 0 Å². The van der Waals surface area contributed by atoms with Crippen LogP contribution in [0.15, 0.2) is 0 Å². The Hall–Kier alpha value is -0.450. The molecule has 0 aliphatic carbocycles. The first-order valence-corrected chi connectivity index (χ1v) is 7.70. The molecule has 2 heterocycles. The molecular weight excluding hydrogens is 244 g/mol. The summed E-state index contributed by atoms with van der Waals surface area (Å²) in [6.45, 7) is 7.31. The van der Waals surface area contributed by atoms with Gasteiger partial charge in [-0.2, -0.15) is 0 Å². The maximum Gasteiger partial charge on any atom is 0.0935 e. The van der Waals surface area contributed by atoms with Crippen molar-refractivity contribution < 1.29 is 4.74 Å². The maximum atomic E-state index is 5.44. The molecule has 1 saturated heterocycles. The van der Waals surface area contributed by atoms with Crippen molar-refractivity contribution in [2.45, 2.75) is 39.7 Å². The molecule has 1 unspecified atom stereocenters. The second kappa shape index (κ2) is 6.64. The number of thiazole rings is 1. The van der Waals surface area contributed by atoms with E-state index in [0.717, 1.165) is 32.6 Å². The summed E-state index contributed by atoms with van der Waals surface area (Å²) in [5, 5.41) is 4.55. The van der Waals surface area contributed by atoms with Crippen LogP contribution in [0, 0.1) is 11.8 Å². The Balaban J connectivity index is 2.05. The minimum atomic E-state index is 0.672. The summed E-state index contributed by atoms with van der Waals surface area (Å²) in [6.07, 6.45) is 3.38. The molecule has 4 heteroatoms. The lowest BCUT2D eigenvalue weighted by atomic mass is 10.1. The molecule has 1 atom stereocenters. The first kappa shape index (κ1) is 14.0. The molecule has 2 rings (SSSR count). The van der Waals surface area contributed by atoms with Crippen molar-refractivity contribution >= 4 is 11.3 Å². The van der Waals surface area contributed by atoms with Crippen molar-refractivity contribution in [1.82, 2.24) is 10.3 Å². The quantitative estimate of drug-likeness (QED) is 0.861.